The van der Waals surface area contributed by atoms with Gasteiger partial charge in [-0.15, -0.1) is 0 Å². The number of carbonyl (C=O) groups excluding carboxylic acids is 1. The Morgan fingerprint density at radius 2 is 2.21 bits per heavy atom. The van der Waals surface area contributed by atoms with Gasteiger partial charge >= 0.3 is 0 Å². The van der Waals surface area contributed by atoms with Gasteiger partial charge in [-0.25, -0.2) is 0 Å². The number of methoxy groups -OCH3 is 1. The van der Waals surface area contributed by atoms with Crippen molar-refractivity contribution in [1.82, 2.24) is 4.90 Å². The molecule has 4 nitrogen and oxygen atoms in total. The summed E-state index contributed by atoms with van der Waals surface area (Å²) in [5, 5.41) is 0. The Bertz CT molecular complexity index is 419. The second-order valence-corrected chi connectivity index (χ2v) is 5.49. The lowest BCUT2D eigenvalue weighted by molar-refractivity contribution is -0.141. The van der Waals surface area contributed by atoms with Crippen molar-refractivity contribution in [3.05, 3.63) is 34.3 Å². The summed E-state index contributed by atoms with van der Waals surface area (Å²) in [6, 6.07) is 7.87. The minimum Gasteiger partial charge on any atom is -0.382 e. The van der Waals surface area contributed by atoms with Crippen LogP contribution < -0.4 is 0 Å². The molecule has 104 valence electrons. The monoisotopic (exact) mass is 327 g/mol. The molecule has 1 unspecified atom stereocenters. The molecule has 1 aliphatic rings. The average Bonchev–Trinajstić information content (AvgIpc) is 2.42. The van der Waals surface area contributed by atoms with Crippen molar-refractivity contribution in [3.8, 4) is 0 Å². The Morgan fingerprint density at radius 1 is 1.47 bits per heavy atom. The van der Waals surface area contributed by atoms with Crippen LogP contribution in [0, 0.1) is 0 Å². The smallest absolute Gasteiger partial charge is 0.227 e. The van der Waals surface area contributed by atoms with E-state index in [1.54, 1.807) is 7.11 Å². The second kappa shape index (κ2) is 7.03. The molecule has 1 fully saturated rings. The third-order valence-electron chi connectivity index (χ3n) is 3.18. The fourth-order valence-corrected chi connectivity index (χ4v) is 2.46. The maximum atomic E-state index is 12.3. The van der Waals surface area contributed by atoms with E-state index in [1.807, 2.05) is 29.2 Å². The van der Waals surface area contributed by atoms with E-state index in [4.69, 9.17) is 9.47 Å². The number of hydrogen-bond acceptors (Lipinski definition) is 3. The summed E-state index contributed by atoms with van der Waals surface area (Å²) in [5.74, 6) is 0.132. The molecule has 1 aromatic carbocycles. The molecular formula is C14H18BrNO3. The summed E-state index contributed by atoms with van der Waals surface area (Å²) in [4.78, 5) is 14.2. The van der Waals surface area contributed by atoms with E-state index in [0.717, 1.165) is 10.0 Å². The van der Waals surface area contributed by atoms with Gasteiger partial charge in [-0.2, -0.15) is 0 Å². The molecule has 0 aliphatic carbocycles. The zero-order chi connectivity index (χ0) is 13.7. The molecule has 19 heavy (non-hydrogen) atoms. The Kier molecular flexibility index (Phi) is 5.36. The van der Waals surface area contributed by atoms with Gasteiger partial charge in [-0.3, -0.25) is 4.79 Å². The second-order valence-electron chi connectivity index (χ2n) is 4.57. The molecule has 0 aromatic heterocycles. The maximum Gasteiger partial charge on any atom is 0.227 e. The van der Waals surface area contributed by atoms with Crippen molar-refractivity contribution >= 4 is 21.8 Å². The molecule has 0 saturated carbocycles. The highest BCUT2D eigenvalue weighted by atomic mass is 79.9. The SMILES string of the molecule is COCC1COCCN1C(=O)Cc1ccc(Br)cc1. The normalized spacial score (nSPS) is 19.5. The molecule has 1 amide bonds. The molecule has 0 spiro atoms. The van der Waals surface area contributed by atoms with Gasteiger partial charge in [0.25, 0.3) is 0 Å². The summed E-state index contributed by atoms with van der Waals surface area (Å²) in [5.41, 5.74) is 1.02. The zero-order valence-electron chi connectivity index (χ0n) is 11.0. The van der Waals surface area contributed by atoms with Crippen molar-refractivity contribution in [1.29, 1.82) is 0 Å². The Balaban J connectivity index is 1.99. The molecular weight excluding hydrogens is 310 g/mol. The van der Waals surface area contributed by atoms with Gasteiger partial charge < -0.3 is 14.4 Å². The molecule has 1 aromatic rings. The van der Waals surface area contributed by atoms with E-state index < -0.39 is 0 Å². The number of carbonyl (C=O) groups is 1. The van der Waals surface area contributed by atoms with Crippen LogP contribution in [0.4, 0.5) is 0 Å². The lowest BCUT2D eigenvalue weighted by Crippen LogP contribution is -2.51. The fraction of sp³-hybridized carbons (Fsp3) is 0.500. The molecule has 0 radical (unpaired) electrons. The van der Waals surface area contributed by atoms with Crippen LogP contribution in [0.1, 0.15) is 5.56 Å². The Hall–Kier alpha value is -0.910. The third-order valence-corrected chi connectivity index (χ3v) is 3.70. The lowest BCUT2D eigenvalue weighted by atomic mass is 10.1. The highest BCUT2D eigenvalue weighted by Crippen LogP contribution is 2.14. The van der Waals surface area contributed by atoms with E-state index in [0.29, 0.717) is 32.8 Å². The first-order valence-electron chi connectivity index (χ1n) is 6.31. The zero-order valence-corrected chi connectivity index (χ0v) is 12.6. The van der Waals surface area contributed by atoms with Gasteiger partial charge in [0.1, 0.15) is 0 Å². The summed E-state index contributed by atoms with van der Waals surface area (Å²) < 4.78 is 11.6. The van der Waals surface area contributed by atoms with Crippen LogP contribution in [0.5, 0.6) is 0 Å². The van der Waals surface area contributed by atoms with Gasteiger partial charge in [0.15, 0.2) is 0 Å². The summed E-state index contributed by atoms with van der Waals surface area (Å²) >= 11 is 3.39. The number of ether oxygens (including phenoxy) is 2. The van der Waals surface area contributed by atoms with E-state index in [9.17, 15) is 4.79 Å². The quantitative estimate of drug-likeness (QED) is 0.847. The predicted octanol–water partition coefficient (Wildman–Crippen LogP) is 1.87. The molecule has 2 rings (SSSR count). The van der Waals surface area contributed by atoms with Gasteiger partial charge in [0.2, 0.25) is 5.91 Å². The maximum absolute atomic E-state index is 12.3. The van der Waals surface area contributed by atoms with E-state index in [2.05, 4.69) is 15.9 Å². The highest BCUT2D eigenvalue weighted by molar-refractivity contribution is 9.10. The number of benzene rings is 1. The number of nitrogens with zero attached hydrogens (tertiary/aromatic N) is 1. The van der Waals surface area contributed by atoms with Crippen molar-refractivity contribution in [2.45, 2.75) is 12.5 Å². The van der Waals surface area contributed by atoms with Crippen LogP contribution in [0.25, 0.3) is 0 Å². The topological polar surface area (TPSA) is 38.8 Å². The molecule has 5 heteroatoms. The van der Waals surface area contributed by atoms with Crippen LogP contribution in [0.3, 0.4) is 0 Å². The molecule has 1 saturated heterocycles. The van der Waals surface area contributed by atoms with E-state index in [1.165, 1.54) is 0 Å². The van der Waals surface area contributed by atoms with Gasteiger partial charge in [-0.05, 0) is 17.7 Å². The van der Waals surface area contributed by atoms with Crippen LogP contribution in [-0.4, -0.2) is 50.3 Å². The standard InChI is InChI=1S/C14H18BrNO3/c1-18-9-13-10-19-7-6-16(13)14(17)8-11-2-4-12(15)5-3-11/h2-5,13H,6-10H2,1H3. The first-order chi connectivity index (χ1) is 9.20. The van der Waals surface area contributed by atoms with Crippen LogP contribution in [-0.2, 0) is 20.7 Å². The molecule has 0 bridgehead atoms. The summed E-state index contributed by atoms with van der Waals surface area (Å²) in [6.45, 7) is 2.32. The van der Waals surface area contributed by atoms with Crippen molar-refractivity contribution < 1.29 is 14.3 Å². The first-order valence-corrected chi connectivity index (χ1v) is 7.10. The van der Waals surface area contributed by atoms with Gasteiger partial charge in [-0.1, -0.05) is 28.1 Å². The molecule has 0 N–H and O–H groups in total. The number of rotatable bonds is 4. The first kappa shape index (κ1) is 14.5. The minimum absolute atomic E-state index is 0.0294. The number of halogens is 1. The average molecular weight is 328 g/mol. The van der Waals surface area contributed by atoms with Crippen molar-refractivity contribution in [2.75, 3.05) is 33.5 Å². The van der Waals surface area contributed by atoms with Crippen molar-refractivity contribution in [2.24, 2.45) is 0 Å². The summed E-state index contributed by atoms with van der Waals surface area (Å²) in [7, 11) is 1.64. The molecule has 1 atom stereocenters. The Labute approximate surface area is 121 Å². The molecule has 1 heterocycles. The third kappa shape index (κ3) is 4.03. The minimum atomic E-state index is 0.0294. The van der Waals surface area contributed by atoms with Crippen LogP contribution in [0.2, 0.25) is 0 Å². The number of amides is 1. The lowest BCUT2D eigenvalue weighted by Gasteiger charge is -2.35. The van der Waals surface area contributed by atoms with E-state index in [-0.39, 0.29) is 11.9 Å². The highest BCUT2D eigenvalue weighted by Gasteiger charge is 2.26. The molecule has 1 aliphatic heterocycles. The predicted molar refractivity (Wildman–Crippen MR) is 76.0 cm³/mol. The van der Waals surface area contributed by atoms with Gasteiger partial charge in [0, 0.05) is 18.1 Å². The van der Waals surface area contributed by atoms with Crippen molar-refractivity contribution in [3.63, 3.8) is 0 Å². The van der Waals surface area contributed by atoms with Gasteiger partial charge in [0.05, 0.1) is 32.3 Å². The van der Waals surface area contributed by atoms with Crippen LogP contribution in [0.15, 0.2) is 28.7 Å². The van der Waals surface area contributed by atoms with Crippen LogP contribution >= 0.6 is 15.9 Å². The van der Waals surface area contributed by atoms with E-state index >= 15 is 0 Å². The fourth-order valence-electron chi connectivity index (χ4n) is 2.19. The number of morpholine rings is 1. The number of hydrogen-bond donors (Lipinski definition) is 0. The largest absolute Gasteiger partial charge is 0.382 e. The summed E-state index contributed by atoms with van der Waals surface area (Å²) in [6.07, 6.45) is 0.424. The Morgan fingerprint density at radius 3 is 2.89 bits per heavy atom.